The number of carbonyl (C=O) groups excluding carboxylic acids is 1. The number of benzene rings is 1. The molecule has 0 saturated heterocycles. The number of rotatable bonds is 9. The molecular formula is C21H27NO3S. The van der Waals surface area contributed by atoms with Crippen LogP contribution in [-0.2, 0) is 11.3 Å². The van der Waals surface area contributed by atoms with E-state index in [0.29, 0.717) is 25.5 Å². The molecule has 0 N–H and O–H groups in total. The van der Waals surface area contributed by atoms with Crippen LogP contribution in [0, 0.1) is 6.92 Å². The largest absolute Gasteiger partial charge is 0.490 e. The van der Waals surface area contributed by atoms with Crippen molar-refractivity contribution < 1.29 is 14.3 Å². The van der Waals surface area contributed by atoms with Gasteiger partial charge in [-0.05, 0) is 61.1 Å². The number of hydrogen-bond acceptors (Lipinski definition) is 4. The summed E-state index contributed by atoms with van der Waals surface area (Å²) < 4.78 is 11.4. The summed E-state index contributed by atoms with van der Waals surface area (Å²) in [5.41, 5.74) is 2.13. The Bertz CT molecular complexity index is 751. The van der Waals surface area contributed by atoms with Crippen LogP contribution in [0.2, 0.25) is 0 Å². The van der Waals surface area contributed by atoms with Crippen molar-refractivity contribution in [2.24, 2.45) is 0 Å². The molecule has 26 heavy (non-hydrogen) atoms. The molecule has 140 valence electrons. The second-order valence-corrected chi connectivity index (χ2v) is 7.04. The molecule has 0 aliphatic carbocycles. The van der Waals surface area contributed by atoms with Gasteiger partial charge in [0, 0.05) is 18.0 Å². The van der Waals surface area contributed by atoms with Gasteiger partial charge in [-0.1, -0.05) is 13.0 Å². The summed E-state index contributed by atoms with van der Waals surface area (Å²) in [6.07, 6.45) is 4.35. The zero-order valence-electron chi connectivity index (χ0n) is 16.0. The van der Waals surface area contributed by atoms with Gasteiger partial charge in [0.25, 0.3) is 0 Å². The van der Waals surface area contributed by atoms with Crippen molar-refractivity contribution in [2.75, 3.05) is 20.3 Å². The smallest absolute Gasteiger partial charge is 0.246 e. The van der Waals surface area contributed by atoms with E-state index in [0.717, 1.165) is 17.7 Å². The van der Waals surface area contributed by atoms with Crippen LogP contribution in [0.1, 0.15) is 36.3 Å². The molecule has 0 saturated carbocycles. The van der Waals surface area contributed by atoms with Gasteiger partial charge in [-0.3, -0.25) is 4.79 Å². The Hall–Kier alpha value is -2.27. The van der Waals surface area contributed by atoms with E-state index in [2.05, 4.69) is 25.3 Å². The number of likely N-dealkylation sites (N-methyl/N-ethyl adjacent to an activating group) is 1. The predicted octanol–water partition coefficient (Wildman–Crippen LogP) is 4.92. The van der Waals surface area contributed by atoms with Crippen LogP contribution in [-0.4, -0.2) is 31.1 Å². The summed E-state index contributed by atoms with van der Waals surface area (Å²) in [7, 11) is 1.82. The summed E-state index contributed by atoms with van der Waals surface area (Å²) in [6, 6.07) is 7.80. The number of amides is 1. The molecule has 0 spiro atoms. The second kappa shape index (κ2) is 10.0. The lowest BCUT2D eigenvalue weighted by molar-refractivity contribution is -0.125. The minimum Gasteiger partial charge on any atom is -0.490 e. The van der Waals surface area contributed by atoms with E-state index < -0.39 is 0 Å². The lowest BCUT2D eigenvalue weighted by Crippen LogP contribution is -2.23. The molecule has 1 amide bonds. The van der Waals surface area contributed by atoms with Crippen LogP contribution in [0.15, 0.2) is 35.7 Å². The monoisotopic (exact) mass is 373 g/mol. The number of carbonyl (C=O) groups is 1. The number of hydrogen-bond donors (Lipinski definition) is 0. The Balaban J connectivity index is 2.04. The van der Waals surface area contributed by atoms with Gasteiger partial charge >= 0.3 is 0 Å². The summed E-state index contributed by atoms with van der Waals surface area (Å²) in [6.45, 7) is 7.92. The molecule has 1 heterocycles. The summed E-state index contributed by atoms with van der Waals surface area (Å²) in [5.74, 6) is 1.42. The molecule has 4 nitrogen and oxygen atoms in total. The van der Waals surface area contributed by atoms with Crippen molar-refractivity contribution in [2.45, 2.75) is 33.7 Å². The second-order valence-electron chi connectivity index (χ2n) is 6.04. The third-order valence-corrected chi connectivity index (χ3v) is 4.88. The van der Waals surface area contributed by atoms with E-state index in [-0.39, 0.29) is 5.91 Å². The Morgan fingerprint density at radius 1 is 1.19 bits per heavy atom. The summed E-state index contributed by atoms with van der Waals surface area (Å²) in [5, 5.41) is 2.05. The van der Waals surface area contributed by atoms with E-state index in [9.17, 15) is 4.79 Å². The Kier molecular flexibility index (Phi) is 7.73. The van der Waals surface area contributed by atoms with Crippen molar-refractivity contribution in [3.05, 3.63) is 51.7 Å². The predicted molar refractivity (Wildman–Crippen MR) is 108 cm³/mol. The Morgan fingerprint density at radius 2 is 2.00 bits per heavy atom. The van der Waals surface area contributed by atoms with Crippen molar-refractivity contribution in [3.8, 4) is 11.5 Å². The van der Waals surface area contributed by atoms with Gasteiger partial charge in [-0.2, -0.15) is 0 Å². The molecule has 0 bridgehead atoms. The first-order valence-corrected chi connectivity index (χ1v) is 9.78. The third-order valence-electron chi connectivity index (χ3n) is 3.87. The van der Waals surface area contributed by atoms with Crippen molar-refractivity contribution in [1.82, 2.24) is 4.90 Å². The Labute approximate surface area is 160 Å². The first-order valence-electron chi connectivity index (χ1n) is 8.91. The minimum atomic E-state index is -0.0259. The number of thiophene rings is 1. The van der Waals surface area contributed by atoms with Gasteiger partial charge in [0.05, 0.1) is 19.8 Å². The van der Waals surface area contributed by atoms with Gasteiger partial charge in [0.2, 0.25) is 5.91 Å². The maximum atomic E-state index is 12.4. The molecule has 0 radical (unpaired) electrons. The quantitative estimate of drug-likeness (QED) is 0.586. The number of ether oxygens (including phenoxy) is 2. The molecule has 0 fully saturated rings. The SMILES string of the molecule is CCCOc1ccc(/C=C/C(=O)N(C)Cc2sccc2C)cc1OCC. The average molecular weight is 374 g/mol. The third kappa shape index (κ3) is 5.63. The fourth-order valence-electron chi connectivity index (χ4n) is 2.38. The molecule has 0 atom stereocenters. The molecule has 2 aromatic rings. The number of nitrogens with zero attached hydrogens (tertiary/aromatic N) is 1. The molecule has 0 unspecified atom stereocenters. The molecule has 5 heteroatoms. The van der Waals surface area contributed by atoms with Crippen LogP contribution in [0.4, 0.5) is 0 Å². The van der Waals surface area contributed by atoms with Gasteiger partial charge in [0.15, 0.2) is 11.5 Å². The highest BCUT2D eigenvalue weighted by molar-refractivity contribution is 7.10. The molecule has 1 aromatic carbocycles. The van der Waals surface area contributed by atoms with Crippen LogP contribution in [0.3, 0.4) is 0 Å². The van der Waals surface area contributed by atoms with Gasteiger partial charge in [0.1, 0.15) is 0 Å². The van der Waals surface area contributed by atoms with E-state index in [4.69, 9.17) is 9.47 Å². The molecule has 0 aliphatic rings. The minimum absolute atomic E-state index is 0.0259. The van der Waals surface area contributed by atoms with Crippen LogP contribution in [0.5, 0.6) is 11.5 Å². The first-order chi connectivity index (χ1) is 12.5. The fourth-order valence-corrected chi connectivity index (χ4v) is 3.34. The lowest BCUT2D eigenvalue weighted by Gasteiger charge is -2.15. The van der Waals surface area contributed by atoms with Crippen molar-refractivity contribution in [1.29, 1.82) is 0 Å². The van der Waals surface area contributed by atoms with E-state index in [1.54, 1.807) is 22.3 Å². The molecule has 1 aromatic heterocycles. The van der Waals surface area contributed by atoms with E-state index in [1.807, 2.05) is 38.2 Å². The average Bonchev–Trinajstić information content (AvgIpc) is 3.03. The molecular weight excluding hydrogens is 346 g/mol. The van der Waals surface area contributed by atoms with Gasteiger partial charge in [-0.15, -0.1) is 11.3 Å². The van der Waals surface area contributed by atoms with Crippen LogP contribution in [0.25, 0.3) is 6.08 Å². The zero-order valence-corrected chi connectivity index (χ0v) is 16.8. The highest BCUT2D eigenvalue weighted by atomic mass is 32.1. The maximum Gasteiger partial charge on any atom is 0.246 e. The van der Waals surface area contributed by atoms with Crippen LogP contribution < -0.4 is 9.47 Å². The fraction of sp³-hybridized carbons (Fsp3) is 0.381. The molecule has 0 aliphatic heterocycles. The van der Waals surface area contributed by atoms with Gasteiger partial charge in [-0.25, -0.2) is 0 Å². The molecule has 2 rings (SSSR count). The summed E-state index contributed by atoms with van der Waals surface area (Å²) >= 11 is 1.68. The topological polar surface area (TPSA) is 38.8 Å². The summed E-state index contributed by atoms with van der Waals surface area (Å²) in [4.78, 5) is 15.3. The van der Waals surface area contributed by atoms with Crippen molar-refractivity contribution >= 4 is 23.3 Å². The normalized spacial score (nSPS) is 10.9. The lowest BCUT2D eigenvalue weighted by atomic mass is 10.2. The van der Waals surface area contributed by atoms with E-state index >= 15 is 0 Å². The highest BCUT2D eigenvalue weighted by Crippen LogP contribution is 2.29. The standard InChI is InChI=1S/C21H27NO3S/c1-5-12-25-18-9-7-17(14-19(18)24-6-2)8-10-21(23)22(4)15-20-16(3)11-13-26-20/h7-11,13-14H,5-6,12,15H2,1-4H3/b10-8+. The van der Waals surface area contributed by atoms with Crippen LogP contribution >= 0.6 is 11.3 Å². The van der Waals surface area contributed by atoms with Gasteiger partial charge < -0.3 is 14.4 Å². The Morgan fingerprint density at radius 3 is 2.65 bits per heavy atom. The number of aryl methyl sites for hydroxylation is 1. The van der Waals surface area contributed by atoms with E-state index in [1.165, 1.54) is 10.4 Å². The van der Waals surface area contributed by atoms with Crippen molar-refractivity contribution in [3.63, 3.8) is 0 Å². The maximum absolute atomic E-state index is 12.4. The highest BCUT2D eigenvalue weighted by Gasteiger charge is 2.09. The first kappa shape index (κ1) is 20.0. The zero-order chi connectivity index (χ0) is 18.9.